The van der Waals surface area contributed by atoms with E-state index in [4.69, 9.17) is 4.74 Å². The number of aldehydes is 1. The molecule has 0 unspecified atom stereocenters. The van der Waals surface area contributed by atoms with Gasteiger partial charge in [0.15, 0.2) is 6.29 Å². The van der Waals surface area contributed by atoms with Gasteiger partial charge in [0, 0.05) is 16.6 Å². The second-order valence-corrected chi connectivity index (χ2v) is 5.89. The van der Waals surface area contributed by atoms with Crippen molar-refractivity contribution >= 4 is 6.29 Å². The fraction of sp³-hybridized carbons (Fsp3) is 0.105. The summed E-state index contributed by atoms with van der Waals surface area (Å²) in [5, 5.41) is 0.144. The van der Waals surface area contributed by atoms with Crippen molar-refractivity contribution in [3.8, 4) is 11.5 Å². The van der Waals surface area contributed by atoms with Crippen LogP contribution in [-0.2, 0) is 12.4 Å². The summed E-state index contributed by atoms with van der Waals surface area (Å²) in [4.78, 5) is 17.2. The molecule has 0 bridgehead atoms. The number of carbonyl (C=O) groups is 1. The number of hydrogen-bond donors (Lipinski definition) is 0. The summed E-state index contributed by atoms with van der Waals surface area (Å²) in [7, 11) is 0. The van der Waals surface area contributed by atoms with Crippen molar-refractivity contribution in [1.29, 1.82) is 0 Å². The number of nitrogens with zero attached hydrogens (tertiary/aromatic N) is 2. The van der Waals surface area contributed by atoms with Crippen molar-refractivity contribution < 1.29 is 40.3 Å². The van der Waals surface area contributed by atoms with E-state index >= 15 is 0 Å². The predicted molar refractivity (Wildman–Crippen MR) is 88.0 cm³/mol. The van der Waals surface area contributed by atoms with Crippen molar-refractivity contribution in [3.63, 3.8) is 0 Å². The van der Waals surface area contributed by atoms with Crippen molar-refractivity contribution in [2.75, 3.05) is 0 Å². The second-order valence-electron chi connectivity index (χ2n) is 5.89. The van der Waals surface area contributed by atoms with Gasteiger partial charge in [-0.2, -0.15) is 26.3 Å². The first kappa shape index (κ1) is 21.2. The Morgan fingerprint density at radius 2 is 1.57 bits per heavy atom. The number of ether oxygens (including phenoxy) is 1. The molecule has 2 aliphatic carbocycles. The zero-order chi connectivity index (χ0) is 22.1. The van der Waals surface area contributed by atoms with E-state index in [1.54, 1.807) is 6.07 Å². The first-order valence-electron chi connectivity index (χ1n) is 8.02. The van der Waals surface area contributed by atoms with Crippen LogP contribution in [0.25, 0.3) is 0 Å². The van der Waals surface area contributed by atoms with E-state index in [1.807, 2.05) is 0 Å². The maximum atomic E-state index is 13.1. The molecule has 1 heterocycles. The first-order chi connectivity index (χ1) is 14.0. The highest BCUT2D eigenvalue weighted by Gasteiger charge is 2.37. The molecule has 0 atom stereocenters. The summed E-state index contributed by atoms with van der Waals surface area (Å²) in [6, 6.07) is 5.49. The lowest BCUT2D eigenvalue weighted by molar-refractivity contribution is -0.140. The summed E-state index contributed by atoms with van der Waals surface area (Å²) in [6.45, 7) is 0. The molecule has 0 amide bonds. The third-order valence-corrected chi connectivity index (χ3v) is 3.91. The summed E-state index contributed by atoms with van der Waals surface area (Å²) < 4.78 is 93.0. The Morgan fingerprint density at radius 3 is 2.03 bits per heavy atom. The van der Waals surface area contributed by atoms with E-state index in [2.05, 4.69) is 9.97 Å². The number of halogens is 7. The lowest BCUT2D eigenvalue weighted by Gasteiger charge is -2.19. The quantitative estimate of drug-likeness (QED) is 0.316. The highest BCUT2D eigenvalue weighted by molar-refractivity contribution is 5.70. The first-order valence-corrected chi connectivity index (χ1v) is 8.02. The molecule has 2 aliphatic rings. The number of alkyl halides is 6. The third kappa shape index (κ3) is 4.39. The third-order valence-electron chi connectivity index (χ3n) is 3.91. The maximum absolute atomic E-state index is 13.1. The van der Waals surface area contributed by atoms with Crippen LogP contribution in [0.4, 0.5) is 30.7 Å². The minimum Gasteiger partial charge on any atom is -0.457 e. The van der Waals surface area contributed by atoms with Crippen LogP contribution in [0.15, 0.2) is 48.9 Å². The highest BCUT2D eigenvalue weighted by atomic mass is 19.4. The van der Waals surface area contributed by atoms with Crippen LogP contribution in [-0.4, -0.2) is 16.3 Å². The number of carbonyl (C=O) groups excluding carboxylic acids is 1. The van der Waals surface area contributed by atoms with E-state index in [9.17, 15) is 35.5 Å². The molecule has 11 heteroatoms. The van der Waals surface area contributed by atoms with Gasteiger partial charge in [0.2, 0.25) is 0 Å². The lowest BCUT2D eigenvalue weighted by atomic mass is 9.97. The van der Waals surface area contributed by atoms with Gasteiger partial charge in [-0.25, -0.2) is 14.4 Å². The van der Waals surface area contributed by atoms with Gasteiger partial charge in [0.1, 0.15) is 29.3 Å². The Balaban J connectivity index is 0.000000269. The van der Waals surface area contributed by atoms with Crippen LogP contribution >= 0.6 is 0 Å². The van der Waals surface area contributed by atoms with E-state index < -0.39 is 29.3 Å². The standard InChI is InChI=1S/C14H5F7O.C5H4N2O/c15-11-2-1-6(3-10(11)14(19,20)21)22-12-5-7-8(12)4-9(7)13(16,17)18;8-3-5-1-2-6-4-7-5/h1-5H;1-4H. The zero-order valence-corrected chi connectivity index (χ0v) is 14.6. The van der Waals surface area contributed by atoms with Gasteiger partial charge in [-0.05, 0) is 36.4 Å². The van der Waals surface area contributed by atoms with Crippen LogP contribution in [0.2, 0.25) is 0 Å². The van der Waals surface area contributed by atoms with Crippen LogP contribution in [0.1, 0.15) is 21.6 Å². The molecule has 1 aromatic carbocycles. The van der Waals surface area contributed by atoms with Gasteiger partial charge in [0.25, 0.3) is 0 Å². The molecular weight excluding hydrogens is 421 g/mol. The molecule has 0 saturated heterocycles. The fourth-order valence-corrected chi connectivity index (χ4v) is 2.46. The fourth-order valence-electron chi connectivity index (χ4n) is 2.46. The van der Waals surface area contributed by atoms with Gasteiger partial charge < -0.3 is 4.74 Å². The van der Waals surface area contributed by atoms with Crippen molar-refractivity contribution in [2.24, 2.45) is 0 Å². The van der Waals surface area contributed by atoms with Gasteiger partial charge in [-0.1, -0.05) is 0 Å². The number of benzene rings is 2. The number of aromatic nitrogens is 2. The van der Waals surface area contributed by atoms with Crippen LogP contribution in [0.3, 0.4) is 0 Å². The molecule has 0 N–H and O–H groups in total. The molecule has 0 aliphatic heterocycles. The molecule has 4 nitrogen and oxygen atoms in total. The van der Waals surface area contributed by atoms with E-state index in [0.717, 1.165) is 18.2 Å². The number of hydrogen-bond acceptors (Lipinski definition) is 4. The Kier molecular flexibility index (Phi) is 5.47. The van der Waals surface area contributed by atoms with Crippen molar-refractivity contribution in [3.05, 3.63) is 82.0 Å². The van der Waals surface area contributed by atoms with Crippen LogP contribution < -0.4 is 4.74 Å². The van der Waals surface area contributed by atoms with Crippen molar-refractivity contribution in [1.82, 2.24) is 9.97 Å². The van der Waals surface area contributed by atoms with Crippen LogP contribution in [0, 0.1) is 16.3 Å². The lowest BCUT2D eigenvalue weighted by Crippen LogP contribution is -2.12. The molecule has 0 radical (unpaired) electrons. The largest absolute Gasteiger partial charge is 0.457 e. The molecule has 1 aromatic heterocycles. The molecule has 2 aromatic rings. The van der Waals surface area contributed by atoms with Gasteiger partial charge in [-0.3, -0.25) is 4.79 Å². The smallest absolute Gasteiger partial charge is 0.419 e. The molecule has 30 heavy (non-hydrogen) atoms. The number of rotatable bonds is 3. The topological polar surface area (TPSA) is 52.1 Å². The van der Waals surface area contributed by atoms with Crippen molar-refractivity contribution in [2.45, 2.75) is 12.4 Å². The highest BCUT2D eigenvalue weighted by Crippen LogP contribution is 2.41. The normalized spacial score (nSPS) is 12.0. The van der Waals surface area contributed by atoms with E-state index in [-0.39, 0.29) is 21.9 Å². The molecule has 0 saturated carbocycles. The predicted octanol–water partition coefficient (Wildman–Crippen LogP) is 5.55. The Hall–Kier alpha value is -3.50. The van der Waals surface area contributed by atoms with E-state index in [0.29, 0.717) is 24.1 Å². The second kappa shape index (κ2) is 7.73. The summed E-state index contributed by atoms with van der Waals surface area (Å²) in [5.41, 5.74) is -1.89. The molecular formula is C19H9F7N2O2. The monoisotopic (exact) mass is 430 g/mol. The summed E-state index contributed by atoms with van der Waals surface area (Å²) in [5.74, 6) is -1.74. The average molecular weight is 430 g/mol. The molecule has 0 fully saturated rings. The Labute approximate surface area is 163 Å². The maximum Gasteiger partial charge on any atom is 0.419 e. The zero-order valence-electron chi connectivity index (χ0n) is 14.6. The SMILES string of the molecule is Fc1ccc(Oc2cc3c(C(F)(F)F)cc2=3)cc1C(F)(F)F.O=Cc1ccncn1. The Morgan fingerprint density at radius 1 is 0.867 bits per heavy atom. The minimum atomic E-state index is -4.89. The molecule has 4 rings (SSSR count). The molecule has 156 valence electrons. The van der Waals surface area contributed by atoms with Crippen LogP contribution in [0.5, 0.6) is 11.5 Å². The van der Waals surface area contributed by atoms with E-state index in [1.165, 1.54) is 12.5 Å². The van der Waals surface area contributed by atoms with Gasteiger partial charge in [-0.15, -0.1) is 0 Å². The summed E-state index contributed by atoms with van der Waals surface area (Å²) >= 11 is 0. The van der Waals surface area contributed by atoms with Gasteiger partial charge in [0.05, 0.1) is 11.1 Å². The molecule has 0 spiro atoms. The minimum absolute atomic E-state index is 0.0164. The Bertz CT molecular complexity index is 1180. The summed E-state index contributed by atoms with van der Waals surface area (Å²) in [6.07, 6.45) is -5.82. The average Bonchev–Trinajstić information content (AvgIpc) is 2.66. The van der Waals surface area contributed by atoms with Gasteiger partial charge >= 0.3 is 12.4 Å².